The lowest BCUT2D eigenvalue weighted by molar-refractivity contribution is -0.159. The van der Waals surface area contributed by atoms with Gasteiger partial charge in [0.05, 0.1) is 26.3 Å². The van der Waals surface area contributed by atoms with Crippen LogP contribution in [0.25, 0.3) is 15.2 Å². The molecule has 1 aromatic carbocycles. The Bertz CT molecular complexity index is 1400. The molecule has 2 aliphatic carbocycles. The van der Waals surface area contributed by atoms with Gasteiger partial charge in [0, 0.05) is 23.1 Å². The summed E-state index contributed by atoms with van der Waals surface area (Å²) in [4.78, 5) is 37.8. The highest BCUT2D eigenvalue weighted by molar-refractivity contribution is 7.18. The molecule has 2 aliphatic rings. The molecule has 3 heterocycles. The average Bonchev–Trinajstić information content (AvgIpc) is 3.43. The van der Waals surface area contributed by atoms with Crippen molar-refractivity contribution in [2.75, 3.05) is 0 Å². The first kappa shape index (κ1) is 21.9. The predicted molar refractivity (Wildman–Crippen MR) is 135 cm³/mol. The van der Waals surface area contributed by atoms with Crippen LogP contribution in [0, 0.1) is 5.41 Å². The minimum atomic E-state index is -0.548. The van der Waals surface area contributed by atoms with Gasteiger partial charge >= 0.3 is 5.97 Å². The molecule has 0 aliphatic heterocycles. The number of carbonyl (C=O) groups excluding carboxylic acids is 1. The second kappa shape index (κ2) is 8.89. The predicted octanol–water partition coefficient (Wildman–Crippen LogP) is 5.48. The number of hydrogen-bond donors (Lipinski definition) is 0. The van der Waals surface area contributed by atoms with Gasteiger partial charge in [0.2, 0.25) is 0 Å². The van der Waals surface area contributed by atoms with E-state index in [2.05, 4.69) is 11.1 Å². The second-order valence-corrected chi connectivity index (χ2v) is 11.7. The number of fused-ring (bicyclic) bond motifs is 4. The topological polar surface area (TPSA) is 73.6 Å². The van der Waals surface area contributed by atoms with Crippen LogP contribution in [-0.4, -0.2) is 20.3 Å². The van der Waals surface area contributed by atoms with Crippen molar-refractivity contribution in [2.24, 2.45) is 5.41 Å². The average molecular weight is 494 g/mol. The fourth-order valence-corrected chi connectivity index (χ4v) is 7.82. The SMILES string of the molecule is O=C(OCc1cc(=O)n2c3c(sc2n1)CCCC3)C1(Cc2nc3ccccc3s2)CCCCC1. The highest BCUT2D eigenvalue weighted by Gasteiger charge is 2.42. The van der Waals surface area contributed by atoms with Crippen molar-refractivity contribution in [3.63, 3.8) is 0 Å². The van der Waals surface area contributed by atoms with Crippen molar-refractivity contribution in [3.8, 4) is 0 Å². The normalized spacial score (nSPS) is 17.6. The first-order valence-corrected chi connectivity index (χ1v) is 13.8. The summed E-state index contributed by atoms with van der Waals surface area (Å²) in [6, 6.07) is 9.64. The molecule has 0 unspecified atom stereocenters. The lowest BCUT2D eigenvalue weighted by atomic mass is 9.72. The summed E-state index contributed by atoms with van der Waals surface area (Å²) < 4.78 is 8.75. The molecule has 0 bridgehead atoms. The standard InChI is InChI=1S/C26H27N3O3S2/c30-23-14-17(27-25-29(23)19-9-3-5-11-21(19)34-25)16-32-24(31)26(12-6-1-7-13-26)15-22-28-18-8-2-4-10-20(18)33-22/h2,4,8,10,14H,1,3,5-7,9,11-13,15-16H2. The van der Waals surface area contributed by atoms with Crippen molar-refractivity contribution < 1.29 is 9.53 Å². The highest BCUT2D eigenvalue weighted by atomic mass is 32.1. The van der Waals surface area contributed by atoms with E-state index >= 15 is 0 Å². The smallest absolute Gasteiger partial charge is 0.312 e. The Hall–Kier alpha value is -2.58. The summed E-state index contributed by atoms with van der Waals surface area (Å²) in [6.45, 7) is 0.0364. The minimum absolute atomic E-state index is 0.0364. The number of esters is 1. The molecule has 34 heavy (non-hydrogen) atoms. The van der Waals surface area contributed by atoms with Gasteiger partial charge in [-0.1, -0.05) is 31.4 Å². The van der Waals surface area contributed by atoms with E-state index in [1.54, 1.807) is 27.1 Å². The van der Waals surface area contributed by atoms with Gasteiger partial charge in [-0.25, -0.2) is 9.97 Å². The maximum absolute atomic E-state index is 13.5. The molecule has 6 rings (SSSR count). The van der Waals surface area contributed by atoms with E-state index in [0.717, 1.165) is 78.7 Å². The number of ether oxygens (including phenoxy) is 1. The van der Waals surface area contributed by atoms with Crippen molar-refractivity contribution >= 4 is 43.8 Å². The van der Waals surface area contributed by atoms with Crippen LogP contribution in [0.3, 0.4) is 0 Å². The van der Waals surface area contributed by atoms with E-state index < -0.39 is 5.41 Å². The van der Waals surface area contributed by atoms with Crippen LogP contribution in [0.2, 0.25) is 0 Å². The monoisotopic (exact) mass is 493 g/mol. The summed E-state index contributed by atoms with van der Waals surface area (Å²) in [7, 11) is 0. The summed E-state index contributed by atoms with van der Waals surface area (Å²) in [6.07, 6.45) is 9.64. The van der Waals surface area contributed by atoms with Gasteiger partial charge in [0.25, 0.3) is 5.56 Å². The second-order valence-electron chi connectivity index (χ2n) is 9.55. The number of para-hydroxylation sites is 1. The Morgan fingerprint density at radius 2 is 1.85 bits per heavy atom. The third-order valence-electron chi connectivity index (χ3n) is 7.24. The summed E-state index contributed by atoms with van der Waals surface area (Å²) in [5.74, 6) is -0.182. The first-order chi connectivity index (χ1) is 16.6. The highest BCUT2D eigenvalue weighted by Crippen LogP contribution is 2.42. The molecule has 1 fully saturated rings. The summed E-state index contributed by atoms with van der Waals surface area (Å²) in [5, 5.41) is 0.988. The van der Waals surface area contributed by atoms with Crippen molar-refractivity contribution in [1.82, 2.24) is 14.4 Å². The third kappa shape index (κ3) is 3.96. The van der Waals surface area contributed by atoms with Gasteiger partial charge in [-0.3, -0.25) is 14.0 Å². The zero-order chi connectivity index (χ0) is 23.1. The van der Waals surface area contributed by atoms with Gasteiger partial charge in [0.1, 0.15) is 6.61 Å². The van der Waals surface area contributed by atoms with Gasteiger partial charge in [-0.05, 0) is 50.7 Å². The van der Waals surface area contributed by atoms with Crippen LogP contribution >= 0.6 is 22.7 Å². The zero-order valence-corrected chi connectivity index (χ0v) is 20.7. The number of aromatic nitrogens is 3. The van der Waals surface area contributed by atoms with Crippen molar-refractivity contribution in [3.05, 3.63) is 62.0 Å². The first-order valence-electron chi connectivity index (χ1n) is 12.2. The zero-order valence-electron chi connectivity index (χ0n) is 19.0. The fraction of sp³-hybridized carbons (Fsp3) is 0.462. The maximum atomic E-state index is 13.5. The van der Waals surface area contributed by atoms with Crippen molar-refractivity contribution in [1.29, 1.82) is 0 Å². The fourth-order valence-electron chi connectivity index (χ4n) is 5.47. The van der Waals surface area contributed by atoms with Crippen LogP contribution in [0.5, 0.6) is 0 Å². The van der Waals surface area contributed by atoms with E-state index in [1.165, 1.54) is 10.9 Å². The molecule has 0 amide bonds. The number of hydrogen-bond acceptors (Lipinski definition) is 7. The Morgan fingerprint density at radius 3 is 2.71 bits per heavy atom. The molecule has 3 aromatic heterocycles. The van der Waals surface area contributed by atoms with Crippen LogP contribution in [0.15, 0.2) is 35.1 Å². The van der Waals surface area contributed by atoms with Crippen molar-refractivity contribution in [2.45, 2.75) is 70.8 Å². The van der Waals surface area contributed by atoms with Crippen LogP contribution in [-0.2, 0) is 35.4 Å². The number of rotatable bonds is 5. The lowest BCUT2D eigenvalue weighted by Gasteiger charge is -2.34. The number of aryl methyl sites for hydroxylation is 2. The quantitative estimate of drug-likeness (QED) is 0.344. The molecule has 6 nitrogen and oxygen atoms in total. The number of carbonyl (C=O) groups is 1. The summed E-state index contributed by atoms with van der Waals surface area (Å²) in [5.41, 5.74) is 2.01. The molecule has 0 saturated heterocycles. The Kier molecular flexibility index (Phi) is 5.73. The molecule has 0 N–H and O–H groups in total. The van der Waals surface area contributed by atoms with Crippen LogP contribution in [0.4, 0.5) is 0 Å². The molecule has 1 saturated carbocycles. The molecular weight excluding hydrogens is 466 g/mol. The van der Waals surface area contributed by atoms with E-state index in [1.807, 2.05) is 18.2 Å². The maximum Gasteiger partial charge on any atom is 0.312 e. The van der Waals surface area contributed by atoms with Crippen LogP contribution in [0.1, 0.15) is 66.2 Å². The van der Waals surface area contributed by atoms with Gasteiger partial charge in [-0.2, -0.15) is 0 Å². The molecule has 8 heteroatoms. The molecule has 4 aromatic rings. The van der Waals surface area contributed by atoms with E-state index in [0.29, 0.717) is 17.1 Å². The van der Waals surface area contributed by atoms with Crippen LogP contribution < -0.4 is 5.56 Å². The number of thiazole rings is 2. The number of nitrogens with zero attached hydrogens (tertiary/aromatic N) is 3. The molecule has 0 atom stereocenters. The number of benzene rings is 1. The Balaban J connectivity index is 1.23. The molecular formula is C26H27N3O3S2. The minimum Gasteiger partial charge on any atom is -0.459 e. The molecule has 0 spiro atoms. The largest absolute Gasteiger partial charge is 0.459 e. The Morgan fingerprint density at radius 1 is 1.03 bits per heavy atom. The van der Waals surface area contributed by atoms with E-state index in [9.17, 15) is 9.59 Å². The van der Waals surface area contributed by atoms with E-state index in [-0.39, 0.29) is 18.1 Å². The van der Waals surface area contributed by atoms with E-state index in [4.69, 9.17) is 9.72 Å². The summed E-state index contributed by atoms with van der Waals surface area (Å²) >= 11 is 3.26. The van der Waals surface area contributed by atoms with Gasteiger partial charge in [-0.15, -0.1) is 22.7 Å². The molecule has 0 radical (unpaired) electrons. The third-order valence-corrected chi connectivity index (χ3v) is 9.42. The van der Waals surface area contributed by atoms with Gasteiger partial charge in [0.15, 0.2) is 4.96 Å². The lowest BCUT2D eigenvalue weighted by Crippen LogP contribution is -2.37. The van der Waals surface area contributed by atoms with Gasteiger partial charge < -0.3 is 4.74 Å². The molecule has 176 valence electrons. The Labute approximate surface area is 205 Å².